The van der Waals surface area contributed by atoms with E-state index in [1.54, 1.807) is 13.0 Å². The fourth-order valence-corrected chi connectivity index (χ4v) is 3.41. The number of ether oxygens (including phenoxy) is 3. The molecule has 0 fully saturated rings. The van der Waals surface area contributed by atoms with Crippen LogP contribution in [0.3, 0.4) is 0 Å². The second-order valence-electron chi connectivity index (χ2n) is 5.80. The standard InChI is InChI=1S/C19H20N2O8S/c1-4-12-9-14(19(24)28-5-2)17(30-12)20-16(22)10-29-18(23)13-8-11(21(25)26)6-7-15(13)27-3/h6-9H,4-5,10H2,1-3H3,(H,20,22). The summed E-state index contributed by atoms with van der Waals surface area (Å²) in [7, 11) is 1.30. The lowest BCUT2D eigenvalue weighted by Gasteiger charge is -2.09. The molecule has 1 heterocycles. The normalized spacial score (nSPS) is 10.2. The zero-order valence-electron chi connectivity index (χ0n) is 16.6. The number of non-ortho nitro benzene ring substituents is 1. The predicted molar refractivity (Wildman–Crippen MR) is 108 cm³/mol. The van der Waals surface area contributed by atoms with Gasteiger partial charge < -0.3 is 19.5 Å². The number of anilines is 1. The zero-order valence-corrected chi connectivity index (χ0v) is 17.4. The average Bonchev–Trinajstić information content (AvgIpc) is 3.14. The summed E-state index contributed by atoms with van der Waals surface area (Å²) in [5.74, 6) is -2.14. The van der Waals surface area contributed by atoms with Gasteiger partial charge in [0.2, 0.25) is 0 Å². The van der Waals surface area contributed by atoms with Crippen LogP contribution >= 0.6 is 11.3 Å². The molecule has 10 nitrogen and oxygen atoms in total. The van der Waals surface area contributed by atoms with E-state index in [1.807, 2.05) is 6.92 Å². The molecular weight excluding hydrogens is 416 g/mol. The first kappa shape index (κ1) is 22.8. The Morgan fingerprint density at radius 3 is 2.40 bits per heavy atom. The third-order valence-electron chi connectivity index (χ3n) is 3.83. The van der Waals surface area contributed by atoms with Crippen LogP contribution in [0.5, 0.6) is 5.75 Å². The van der Waals surface area contributed by atoms with E-state index in [4.69, 9.17) is 14.2 Å². The fourth-order valence-electron chi connectivity index (χ4n) is 2.41. The summed E-state index contributed by atoms with van der Waals surface area (Å²) in [6.45, 7) is 3.10. The van der Waals surface area contributed by atoms with Gasteiger partial charge in [0.15, 0.2) is 6.61 Å². The largest absolute Gasteiger partial charge is 0.496 e. The quantitative estimate of drug-likeness (QED) is 0.360. The molecule has 0 unspecified atom stereocenters. The second-order valence-corrected chi connectivity index (χ2v) is 6.93. The fraction of sp³-hybridized carbons (Fsp3) is 0.316. The second kappa shape index (κ2) is 10.3. The van der Waals surface area contributed by atoms with Gasteiger partial charge in [-0.3, -0.25) is 14.9 Å². The van der Waals surface area contributed by atoms with E-state index >= 15 is 0 Å². The molecule has 0 atom stereocenters. The first-order chi connectivity index (χ1) is 14.3. The number of carbonyl (C=O) groups excluding carboxylic acids is 3. The van der Waals surface area contributed by atoms with Crippen LogP contribution in [-0.4, -0.2) is 43.1 Å². The molecule has 0 bridgehead atoms. The highest BCUT2D eigenvalue weighted by molar-refractivity contribution is 7.16. The molecule has 160 valence electrons. The molecule has 0 saturated heterocycles. The summed E-state index contributed by atoms with van der Waals surface area (Å²) in [5, 5.41) is 13.7. The van der Waals surface area contributed by atoms with Crippen LogP contribution in [0.25, 0.3) is 0 Å². The van der Waals surface area contributed by atoms with E-state index in [9.17, 15) is 24.5 Å². The molecule has 2 aromatic rings. The number of aryl methyl sites for hydroxylation is 1. The highest BCUT2D eigenvalue weighted by atomic mass is 32.1. The van der Waals surface area contributed by atoms with E-state index in [2.05, 4.69) is 5.32 Å². The van der Waals surface area contributed by atoms with Crippen molar-refractivity contribution in [2.75, 3.05) is 25.6 Å². The smallest absolute Gasteiger partial charge is 0.342 e. The first-order valence-electron chi connectivity index (χ1n) is 8.89. The number of esters is 2. The van der Waals surface area contributed by atoms with Crippen molar-refractivity contribution < 1.29 is 33.5 Å². The number of hydrogen-bond donors (Lipinski definition) is 1. The van der Waals surface area contributed by atoms with Crippen LogP contribution in [0, 0.1) is 10.1 Å². The van der Waals surface area contributed by atoms with Gasteiger partial charge in [-0.25, -0.2) is 9.59 Å². The molecule has 2 rings (SSSR count). The Balaban J connectivity index is 2.09. The predicted octanol–water partition coefficient (Wildman–Crippen LogP) is 3.20. The van der Waals surface area contributed by atoms with E-state index in [-0.39, 0.29) is 29.2 Å². The maximum absolute atomic E-state index is 12.3. The molecule has 1 aromatic carbocycles. The number of nitro benzene ring substituents is 1. The van der Waals surface area contributed by atoms with Gasteiger partial charge in [-0.2, -0.15) is 0 Å². The Hall–Kier alpha value is -3.47. The summed E-state index contributed by atoms with van der Waals surface area (Å²) in [4.78, 5) is 47.7. The van der Waals surface area contributed by atoms with Crippen molar-refractivity contribution in [2.24, 2.45) is 0 Å². The summed E-state index contributed by atoms with van der Waals surface area (Å²) in [5.41, 5.74) is -0.285. The van der Waals surface area contributed by atoms with Gasteiger partial charge in [0, 0.05) is 17.0 Å². The molecule has 0 aliphatic carbocycles. The monoisotopic (exact) mass is 436 g/mol. The van der Waals surface area contributed by atoms with Gasteiger partial charge in [-0.15, -0.1) is 11.3 Å². The Labute approximate surface area is 175 Å². The Morgan fingerprint density at radius 1 is 1.10 bits per heavy atom. The minimum absolute atomic E-state index is 0.0708. The van der Waals surface area contributed by atoms with Crippen molar-refractivity contribution in [3.63, 3.8) is 0 Å². The summed E-state index contributed by atoms with van der Waals surface area (Å²) >= 11 is 1.22. The molecule has 1 aromatic heterocycles. The number of nitrogens with one attached hydrogen (secondary N) is 1. The molecular formula is C19H20N2O8S. The summed E-state index contributed by atoms with van der Waals surface area (Å²) in [6, 6.07) is 5.09. The Morgan fingerprint density at radius 2 is 1.80 bits per heavy atom. The van der Waals surface area contributed by atoms with Crippen LogP contribution < -0.4 is 10.1 Å². The number of hydrogen-bond acceptors (Lipinski definition) is 9. The third-order valence-corrected chi connectivity index (χ3v) is 5.02. The van der Waals surface area contributed by atoms with Gasteiger partial charge >= 0.3 is 11.9 Å². The molecule has 11 heteroatoms. The number of nitrogens with zero attached hydrogens (tertiary/aromatic N) is 1. The zero-order chi connectivity index (χ0) is 22.3. The number of carbonyl (C=O) groups is 3. The van der Waals surface area contributed by atoms with E-state index < -0.39 is 29.4 Å². The van der Waals surface area contributed by atoms with Gasteiger partial charge in [0.25, 0.3) is 11.6 Å². The van der Waals surface area contributed by atoms with Crippen molar-refractivity contribution >= 4 is 39.9 Å². The van der Waals surface area contributed by atoms with Crippen LogP contribution in [0.4, 0.5) is 10.7 Å². The molecule has 0 radical (unpaired) electrons. The molecule has 0 aliphatic heterocycles. The maximum atomic E-state index is 12.3. The highest BCUT2D eigenvalue weighted by Crippen LogP contribution is 2.29. The number of nitro groups is 1. The van der Waals surface area contributed by atoms with Gasteiger partial charge in [0.1, 0.15) is 16.3 Å². The van der Waals surface area contributed by atoms with Crippen molar-refractivity contribution in [3.05, 3.63) is 50.4 Å². The van der Waals surface area contributed by atoms with Crippen LogP contribution in [0.2, 0.25) is 0 Å². The topological polar surface area (TPSA) is 134 Å². The average molecular weight is 436 g/mol. The van der Waals surface area contributed by atoms with Crippen LogP contribution in [-0.2, 0) is 20.7 Å². The van der Waals surface area contributed by atoms with E-state index in [1.165, 1.54) is 30.6 Å². The molecule has 0 aliphatic rings. The van der Waals surface area contributed by atoms with E-state index in [0.717, 1.165) is 10.9 Å². The summed E-state index contributed by atoms with van der Waals surface area (Å²) < 4.78 is 14.9. The Kier molecular flexibility index (Phi) is 7.87. The molecule has 1 amide bonds. The van der Waals surface area contributed by atoms with Gasteiger partial charge in [0.05, 0.1) is 24.2 Å². The lowest BCUT2D eigenvalue weighted by Crippen LogP contribution is -2.22. The third kappa shape index (κ3) is 5.54. The molecule has 0 saturated carbocycles. The summed E-state index contributed by atoms with van der Waals surface area (Å²) in [6.07, 6.45) is 0.661. The maximum Gasteiger partial charge on any atom is 0.342 e. The number of thiophene rings is 1. The van der Waals surface area contributed by atoms with Crippen molar-refractivity contribution in [2.45, 2.75) is 20.3 Å². The van der Waals surface area contributed by atoms with Gasteiger partial charge in [-0.1, -0.05) is 6.92 Å². The van der Waals surface area contributed by atoms with Crippen molar-refractivity contribution in [3.8, 4) is 5.75 Å². The SMILES string of the molecule is CCOC(=O)c1cc(CC)sc1NC(=O)COC(=O)c1cc([N+](=O)[O-])ccc1OC. The number of benzene rings is 1. The minimum atomic E-state index is -0.961. The van der Waals surface area contributed by atoms with E-state index in [0.29, 0.717) is 11.4 Å². The van der Waals surface area contributed by atoms with Crippen molar-refractivity contribution in [1.29, 1.82) is 0 Å². The Bertz CT molecular complexity index is 969. The molecule has 30 heavy (non-hydrogen) atoms. The number of rotatable bonds is 9. The number of methoxy groups -OCH3 is 1. The highest BCUT2D eigenvalue weighted by Gasteiger charge is 2.22. The van der Waals surface area contributed by atoms with Crippen LogP contribution in [0.15, 0.2) is 24.3 Å². The van der Waals surface area contributed by atoms with Gasteiger partial charge in [-0.05, 0) is 25.5 Å². The molecule has 0 spiro atoms. The minimum Gasteiger partial charge on any atom is -0.496 e. The lowest BCUT2D eigenvalue weighted by molar-refractivity contribution is -0.384. The number of amides is 1. The lowest BCUT2D eigenvalue weighted by atomic mass is 10.2. The first-order valence-corrected chi connectivity index (χ1v) is 9.71. The van der Waals surface area contributed by atoms with Crippen molar-refractivity contribution in [1.82, 2.24) is 0 Å². The van der Waals surface area contributed by atoms with Crippen LogP contribution in [0.1, 0.15) is 39.4 Å². The molecule has 1 N–H and O–H groups in total.